The van der Waals surface area contributed by atoms with Crippen LogP contribution in [0, 0.1) is 0 Å². The molecule has 0 fully saturated rings. The molecule has 0 aliphatic carbocycles. The fraction of sp³-hybridized carbons (Fsp3) is 0.444. The van der Waals surface area contributed by atoms with E-state index in [9.17, 15) is 9.59 Å². The number of rotatable bonds is 10. The van der Waals surface area contributed by atoms with Crippen molar-refractivity contribution >= 4 is 39.9 Å². The van der Waals surface area contributed by atoms with Crippen molar-refractivity contribution in [2.24, 2.45) is 0 Å². The van der Waals surface area contributed by atoms with Crippen molar-refractivity contribution in [1.82, 2.24) is 15.5 Å². The van der Waals surface area contributed by atoms with E-state index in [1.54, 1.807) is 12.1 Å². The zero-order valence-corrected chi connectivity index (χ0v) is 16.9. The molecule has 1 aromatic carbocycles. The molecule has 0 saturated heterocycles. The van der Waals surface area contributed by atoms with Crippen molar-refractivity contribution in [3.05, 3.63) is 35.4 Å². The molecule has 2 N–H and O–H groups in total. The van der Waals surface area contributed by atoms with E-state index in [2.05, 4.69) is 27.8 Å². The summed E-state index contributed by atoms with van der Waals surface area (Å²) in [6.07, 6.45) is 2.22. The first-order chi connectivity index (χ1) is 12.5. The molecule has 0 radical (unpaired) electrons. The number of hydrogen-bond acceptors (Lipinski definition) is 7. The number of carbonyl (C=O) groups excluding carboxylic acids is 2. The van der Waals surface area contributed by atoms with Gasteiger partial charge in [0.25, 0.3) is 0 Å². The van der Waals surface area contributed by atoms with Gasteiger partial charge >= 0.3 is 0 Å². The third kappa shape index (κ3) is 6.42. The summed E-state index contributed by atoms with van der Waals surface area (Å²) in [6.45, 7) is 6.43. The molecule has 8 heteroatoms. The predicted molar refractivity (Wildman–Crippen MR) is 107 cm³/mol. The highest BCUT2D eigenvalue weighted by Crippen LogP contribution is 2.26. The third-order valence-electron chi connectivity index (χ3n) is 3.69. The number of Topliss-reactive ketones (excluding diaryl/α,β-unsaturated/α-hetero) is 1. The lowest BCUT2D eigenvalue weighted by Crippen LogP contribution is -2.23. The Labute approximate surface area is 162 Å². The van der Waals surface area contributed by atoms with Crippen molar-refractivity contribution in [3.8, 4) is 0 Å². The summed E-state index contributed by atoms with van der Waals surface area (Å²) < 4.78 is 0.785. The van der Waals surface area contributed by atoms with E-state index < -0.39 is 0 Å². The van der Waals surface area contributed by atoms with Crippen LogP contribution in [0.25, 0.3) is 0 Å². The van der Waals surface area contributed by atoms with Gasteiger partial charge in [0.2, 0.25) is 11.0 Å². The van der Waals surface area contributed by atoms with E-state index in [-0.39, 0.29) is 17.7 Å². The van der Waals surface area contributed by atoms with Crippen LogP contribution >= 0.6 is 23.1 Å². The van der Waals surface area contributed by atoms with Crippen molar-refractivity contribution in [2.75, 3.05) is 17.6 Å². The number of nitrogens with zero attached hydrogens (tertiary/aromatic N) is 2. The van der Waals surface area contributed by atoms with Crippen LogP contribution in [-0.4, -0.2) is 34.2 Å². The first-order valence-corrected chi connectivity index (χ1v) is 10.4. The smallest absolute Gasteiger partial charge is 0.217 e. The summed E-state index contributed by atoms with van der Waals surface area (Å²) in [5.74, 6) is 0.295. The number of ketones is 1. The molecule has 1 aromatic heterocycles. The maximum Gasteiger partial charge on any atom is 0.217 e. The molecule has 1 heterocycles. The van der Waals surface area contributed by atoms with Crippen molar-refractivity contribution in [3.63, 3.8) is 0 Å². The number of benzene rings is 1. The highest BCUT2D eigenvalue weighted by molar-refractivity contribution is 8.01. The van der Waals surface area contributed by atoms with Gasteiger partial charge in [0.05, 0.1) is 11.8 Å². The van der Waals surface area contributed by atoms with Gasteiger partial charge < -0.3 is 10.6 Å². The van der Waals surface area contributed by atoms with Gasteiger partial charge in [0, 0.05) is 19.0 Å². The highest BCUT2D eigenvalue weighted by Gasteiger charge is 2.12. The maximum atomic E-state index is 12.3. The van der Waals surface area contributed by atoms with Crippen LogP contribution in [0.1, 0.15) is 55.6 Å². The topological polar surface area (TPSA) is 84.0 Å². The molecule has 0 saturated carbocycles. The Kier molecular flexibility index (Phi) is 8.06. The van der Waals surface area contributed by atoms with Gasteiger partial charge in [-0.15, -0.1) is 10.2 Å². The largest absolute Gasteiger partial charge is 0.360 e. The van der Waals surface area contributed by atoms with Gasteiger partial charge in [0.1, 0.15) is 0 Å². The Morgan fingerprint density at radius 2 is 1.96 bits per heavy atom. The minimum Gasteiger partial charge on any atom is -0.360 e. The summed E-state index contributed by atoms with van der Waals surface area (Å²) >= 11 is 2.87. The van der Waals surface area contributed by atoms with Crippen LogP contribution in [0.15, 0.2) is 28.6 Å². The van der Waals surface area contributed by atoms with Crippen LogP contribution < -0.4 is 10.6 Å². The van der Waals surface area contributed by atoms with Crippen LogP contribution in [0.4, 0.5) is 5.13 Å². The summed E-state index contributed by atoms with van der Waals surface area (Å²) in [5.41, 5.74) is 1.62. The highest BCUT2D eigenvalue weighted by atomic mass is 32.2. The first kappa shape index (κ1) is 20.4. The Bertz CT molecular complexity index is 731. The molecular weight excluding hydrogens is 368 g/mol. The van der Waals surface area contributed by atoms with Gasteiger partial charge in [-0.25, -0.2) is 0 Å². The summed E-state index contributed by atoms with van der Waals surface area (Å²) in [4.78, 5) is 23.5. The maximum absolute atomic E-state index is 12.3. The Morgan fingerprint density at radius 1 is 1.23 bits per heavy atom. The van der Waals surface area contributed by atoms with Crippen LogP contribution in [0.2, 0.25) is 0 Å². The minimum atomic E-state index is -0.0777. The Balaban J connectivity index is 1.85. The Morgan fingerprint density at radius 3 is 2.62 bits per heavy atom. The van der Waals surface area contributed by atoms with Gasteiger partial charge in [0.15, 0.2) is 10.1 Å². The minimum absolute atomic E-state index is 0.0458. The molecule has 2 aromatic rings. The first-order valence-electron chi connectivity index (χ1n) is 8.60. The van der Waals surface area contributed by atoms with E-state index in [0.29, 0.717) is 11.3 Å². The fourth-order valence-corrected chi connectivity index (χ4v) is 3.94. The number of amides is 1. The molecular formula is C18H24N4O2S2. The van der Waals surface area contributed by atoms with Crippen LogP contribution in [-0.2, 0) is 4.79 Å². The average Bonchev–Trinajstić information content (AvgIpc) is 3.07. The molecule has 6 nitrogen and oxygen atoms in total. The lowest BCUT2D eigenvalue weighted by molar-refractivity contribution is -0.119. The molecule has 0 aliphatic heterocycles. The van der Waals surface area contributed by atoms with Crippen molar-refractivity contribution < 1.29 is 9.59 Å². The quantitative estimate of drug-likeness (QED) is 0.362. The zero-order chi connectivity index (χ0) is 18.9. The molecule has 1 unspecified atom stereocenters. The molecule has 26 heavy (non-hydrogen) atoms. The van der Waals surface area contributed by atoms with Gasteiger partial charge in [-0.2, -0.15) is 0 Å². The van der Waals surface area contributed by atoms with E-state index >= 15 is 0 Å². The van der Waals surface area contributed by atoms with E-state index in [4.69, 9.17) is 0 Å². The van der Waals surface area contributed by atoms with E-state index in [0.717, 1.165) is 34.4 Å². The number of hydrogen-bond donors (Lipinski definition) is 2. The van der Waals surface area contributed by atoms with Crippen molar-refractivity contribution in [1.29, 1.82) is 0 Å². The molecule has 1 atom stereocenters. The van der Waals surface area contributed by atoms with Gasteiger partial charge in [-0.05, 0) is 18.9 Å². The van der Waals surface area contributed by atoms with E-state index in [1.165, 1.54) is 30.0 Å². The second-order valence-corrected chi connectivity index (χ2v) is 8.11. The summed E-state index contributed by atoms with van der Waals surface area (Å²) in [6, 6.07) is 7.27. The van der Waals surface area contributed by atoms with Crippen molar-refractivity contribution in [2.45, 2.75) is 44.0 Å². The summed E-state index contributed by atoms with van der Waals surface area (Å²) in [7, 11) is 0. The second kappa shape index (κ2) is 10.3. The van der Waals surface area contributed by atoms with Gasteiger partial charge in [-0.3, -0.25) is 9.59 Å². The Hall–Kier alpha value is -1.93. The molecule has 0 aliphatic rings. The third-order valence-corrected chi connectivity index (χ3v) is 5.71. The second-order valence-electron chi connectivity index (χ2n) is 5.91. The SMILES string of the molecule is CCCCNc1nnc(SCC(=O)c2ccc(C(C)NC(C)=O)cc2)s1. The monoisotopic (exact) mass is 392 g/mol. The molecule has 140 valence electrons. The average molecular weight is 393 g/mol. The molecule has 0 bridgehead atoms. The van der Waals surface area contributed by atoms with Crippen LogP contribution in [0.3, 0.4) is 0 Å². The van der Waals surface area contributed by atoms with Crippen LogP contribution in [0.5, 0.6) is 0 Å². The standard InChI is InChI=1S/C18H24N4O2S2/c1-4-5-10-19-17-21-22-18(26-17)25-11-16(24)15-8-6-14(7-9-15)12(2)20-13(3)23/h6-9,12H,4-5,10-11H2,1-3H3,(H,19,21)(H,20,23). The number of anilines is 1. The zero-order valence-electron chi connectivity index (χ0n) is 15.2. The molecule has 2 rings (SSSR count). The summed E-state index contributed by atoms with van der Waals surface area (Å²) in [5, 5.41) is 15.0. The molecule has 0 spiro atoms. The number of unbranched alkanes of at least 4 members (excludes halogenated alkanes) is 1. The number of thioether (sulfide) groups is 1. The number of aromatic nitrogens is 2. The fourth-order valence-electron chi connectivity index (χ4n) is 2.27. The van der Waals surface area contributed by atoms with E-state index in [1.807, 2.05) is 19.1 Å². The van der Waals surface area contributed by atoms with Gasteiger partial charge in [-0.1, -0.05) is 60.7 Å². The lowest BCUT2D eigenvalue weighted by atomic mass is 10.0. The predicted octanol–water partition coefficient (Wildman–Crippen LogP) is 3.92. The molecule has 1 amide bonds. The normalized spacial score (nSPS) is 11.8. The number of carbonyl (C=O) groups is 2. The number of nitrogens with one attached hydrogen (secondary N) is 2. The lowest BCUT2D eigenvalue weighted by Gasteiger charge is -2.13.